The van der Waals surface area contributed by atoms with Crippen LogP contribution in [0.1, 0.15) is 31.4 Å². The maximum Gasteiger partial charge on any atom is 0.352 e. The topological polar surface area (TPSA) is 151 Å². The molecule has 1 unspecified atom stereocenters. The second-order valence-corrected chi connectivity index (χ2v) is 10.7. The van der Waals surface area contributed by atoms with E-state index in [4.69, 9.17) is 10.6 Å². The Kier molecular flexibility index (Phi) is 6.92. The van der Waals surface area contributed by atoms with Crippen molar-refractivity contribution in [2.45, 2.75) is 49.7 Å². The number of aromatic nitrogens is 2. The van der Waals surface area contributed by atoms with Crippen LogP contribution in [0.25, 0.3) is 0 Å². The molecule has 2 aromatic heterocycles. The van der Waals surface area contributed by atoms with Gasteiger partial charge in [-0.2, -0.15) is 0 Å². The zero-order valence-electron chi connectivity index (χ0n) is 19.2. The average Bonchev–Trinajstić information content (AvgIpc) is 3.55. The van der Waals surface area contributed by atoms with Gasteiger partial charge in [-0.15, -0.1) is 23.1 Å². The highest BCUT2D eigenvalue weighted by Crippen LogP contribution is 2.40. The third kappa shape index (κ3) is 4.80. The molecule has 11 nitrogen and oxygen atoms in total. The molecule has 2 aromatic rings. The lowest BCUT2D eigenvalue weighted by molar-refractivity contribution is -0.689. The highest BCUT2D eigenvalue weighted by atomic mass is 32.2. The van der Waals surface area contributed by atoms with E-state index in [9.17, 15) is 19.5 Å². The summed E-state index contributed by atoms with van der Waals surface area (Å²) in [6, 6.07) is 4.68. The number of thiazole rings is 1. The first-order valence-corrected chi connectivity index (χ1v) is 13.5. The number of carbonyl (C=O) groups excluding carboxylic acids is 2. The summed E-state index contributed by atoms with van der Waals surface area (Å²) in [5.74, 6) is -1.86. The zero-order chi connectivity index (χ0) is 25.2. The summed E-state index contributed by atoms with van der Waals surface area (Å²) in [6.45, 7) is 0.351. The summed E-state index contributed by atoms with van der Waals surface area (Å²) >= 11 is 2.58. The van der Waals surface area contributed by atoms with Crippen molar-refractivity contribution in [2.24, 2.45) is 5.16 Å². The highest BCUT2D eigenvalue weighted by molar-refractivity contribution is 8.00. The van der Waals surface area contributed by atoms with Crippen molar-refractivity contribution in [3.63, 3.8) is 0 Å². The van der Waals surface area contributed by atoms with Crippen molar-refractivity contribution < 1.29 is 28.9 Å². The minimum Gasteiger partial charge on any atom is -0.477 e. The molecule has 0 spiro atoms. The smallest absolute Gasteiger partial charge is 0.352 e. The molecule has 4 N–H and O–H groups in total. The number of thioether (sulfide) groups is 1. The molecule has 2 aliphatic heterocycles. The van der Waals surface area contributed by atoms with Crippen LogP contribution < -0.4 is 15.6 Å². The number of nitrogens with one attached hydrogen (secondary N) is 1. The van der Waals surface area contributed by atoms with Crippen LogP contribution in [0.5, 0.6) is 0 Å². The van der Waals surface area contributed by atoms with Crippen LogP contribution in [-0.4, -0.2) is 61.8 Å². The number of rotatable bonds is 8. The molecule has 2 amide bonds. The largest absolute Gasteiger partial charge is 0.477 e. The Hall–Kier alpha value is -3.45. The van der Waals surface area contributed by atoms with Gasteiger partial charge in [0.1, 0.15) is 28.9 Å². The number of pyridine rings is 1. The van der Waals surface area contributed by atoms with Crippen molar-refractivity contribution in [2.75, 3.05) is 11.5 Å². The number of amides is 2. The number of nitrogens with zero attached hydrogens (tertiary/aromatic N) is 4. The number of oxime groups is 1. The molecule has 0 aromatic carbocycles. The number of fused-ring (bicyclic) bond motifs is 1. The van der Waals surface area contributed by atoms with Crippen LogP contribution in [0, 0.1) is 0 Å². The summed E-state index contributed by atoms with van der Waals surface area (Å²) < 4.78 is 1.86. The first kappa shape index (κ1) is 24.3. The first-order chi connectivity index (χ1) is 17.4. The molecule has 0 radical (unpaired) electrons. The molecule has 2 fully saturated rings. The maximum absolute atomic E-state index is 13.2. The van der Waals surface area contributed by atoms with Crippen LogP contribution in [0.4, 0.5) is 5.13 Å². The molecule has 13 heteroatoms. The van der Waals surface area contributed by atoms with Crippen LogP contribution in [0.3, 0.4) is 0 Å². The number of hydrogen-bond donors (Lipinski definition) is 3. The standard InChI is InChI=1S/C23H24N6O5S2/c24-23-25-15(12-36-23)16(27-34-14-6-2-3-7-14)19(30)26-17-20(31)29-18(22(32)33)13(11-35-21(17)29)10-28-8-4-1-5-9-28/h1,4-5,8-9,12,14,17,21H,2-3,6-7,10-11H2,(H3-,24,25,26,30,32,33)/p+1/t17?,21-/m0/s1. The fourth-order valence-electron chi connectivity index (χ4n) is 4.50. The van der Waals surface area contributed by atoms with E-state index in [0.717, 1.165) is 25.7 Å². The zero-order valence-corrected chi connectivity index (χ0v) is 20.8. The van der Waals surface area contributed by atoms with Gasteiger partial charge in [0.15, 0.2) is 29.8 Å². The molecule has 1 saturated heterocycles. The SMILES string of the molecule is Nc1nc(C(=NOC2CCCC2)C(=O)NC2C(=O)N3C(C(=O)O)=C(C[n+]4ccccc4)CS[C@@H]23)cs1. The van der Waals surface area contributed by atoms with E-state index in [2.05, 4.69) is 15.5 Å². The first-order valence-electron chi connectivity index (χ1n) is 11.5. The lowest BCUT2D eigenvalue weighted by atomic mass is 10.0. The van der Waals surface area contributed by atoms with Gasteiger partial charge in [-0.25, -0.2) is 14.3 Å². The number of nitrogens with two attached hydrogens (primary N) is 1. The van der Waals surface area contributed by atoms with Gasteiger partial charge in [-0.1, -0.05) is 11.2 Å². The van der Waals surface area contributed by atoms with Gasteiger partial charge < -0.3 is 21.0 Å². The molecule has 36 heavy (non-hydrogen) atoms. The Bertz CT molecular complexity index is 1240. The molecular weight excluding hydrogens is 504 g/mol. The van der Waals surface area contributed by atoms with Crippen LogP contribution >= 0.6 is 23.1 Å². The van der Waals surface area contributed by atoms with E-state index in [1.165, 1.54) is 28.0 Å². The minimum atomic E-state index is -1.17. The fourth-order valence-corrected chi connectivity index (χ4v) is 6.38. The Balaban J connectivity index is 1.33. The summed E-state index contributed by atoms with van der Waals surface area (Å²) in [4.78, 5) is 49.4. The van der Waals surface area contributed by atoms with Gasteiger partial charge in [0.2, 0.25) is 0 Å². The summed E-state index contributed by atoms with van der Waals surface area (Å²) in [7, 11) is 0. The predicted molar refractivity (Wildman–Crippen MR) is 133 cm³/mol. The molecule has 4 heterocycles. The van der Waals surface area contributed by atoms with Gasteiger partial charge in [0, 0.05) is 28.8 Å². The molecule has 3 aliphatic rings. The van der Waals surface area contributed by atoms with Crippen LogP contribution in [0.2, 0.25) is 0 Å². The van der Waals surface area contributed by atoms with Gasteiger partial charge in [-0.05, 0) is 25.7 Å². The van der Waals surface area contributed by atoms with E-state index in [1.54, 1.807) is 5.38 Å². The quantitative estimate of drug-likeness (QED) is 0.199. The fraction of sp³-hybridized carbons (Fsp3) is 0.391. The van der Waals surface area contributed by atoms with Crippen LogP contribution in [0.15, 0.2) is 52.4 Å². The summed E-state index contributed by atoms with van der Waals surface area (Å²) in [5.41, 5.74) is 6.55. The van der Waals surface area contributed by atoms with Crippen molar-refractivity contribution >= 4 is 51.7 Å². The number of hydrogen-bond acceptors (Lipinski definition) is 9. The van der Waals surface area contributed by atoms with Gasteiger partial charge in [-0.3, -0.25) is 14.5 Å². The molecule has 5 rings (SSSR count). The highest BCUT2D eigenvalue weighted by Gasteiger charge is 2.54. The number of nitrogen functional groups attached to an aromatic ring is 1. The van der Waals surface area contributed by atoms with Crippen molar-refractivity contribution in [1.82, 2.24) is 15.2 Å². The lowest BCUT2D eigenvalue weighted by Gasteiger charge is -2.49. The monoisotopic (exact) mass is 529 g/mol. The number of carboxylic acid groups (broad SMARTS) is 1. The average molecular weight is 530 g/mol. The number of aliphatic carboxylic acids is 1. The van der Waals surface area contributed by atoms with Gasteiger partial charge in [0.25, 0.3) is 11.8 Å². The van der Waals surface area contributed by atoms with Crippen molar-refractivity contribution in [3.8, 4) is 0 Å². The predicted octanol–water partition coefficient (Wildman–Crippen LogP) is 1.11. The van der Waals surface area contributed by atoms with E-state index in [1.807, 2.05) is 35.2 Å². The number of carbonyl (C=O) groups is 3. The normalized spacial score (nSPS) is 22.3. The van der Waals surface area contributed by atoms with Crippen molar-refractivity contribution in [3.05, 3.63) is 52.9 Å². The van der Waals surface area contributed by atoms with Crippen molar-refractivity contribution in [1.29, 1.82) is 0 Å². The van der Waals surface area contributed by atoms with E-state index in [0.29, 0.717) is 17.9 Å². The molecule has 1 saturated carbocycles. The van der Waals surface area contributed by atoms with E-state index >= 15 is 0 Å². The van der Waals surface area contributed by atoms with E-state index < -0.39 is 29.2 Å². The van der Waals surface area contributed by atoms with Gasteiger partial charge >= 0.3 is 5.97 Å². The number of carboxylic acids is 1. The Morgan fingerprint density at radius 3 is 2.69 bits per heavy atom. The molecule has 0 bridgehead atoms. The second kappa shape index (κ2) is 10.3. The Morgan fingerprint density at radius 2 is 2.03 bits per heavy atom. The van der Waals surface area contributed by atoms with Gasteiger partial charge in [0.05, 0.1) is 0 Å². The number of β-lactam (4-membered cyclic amide) rings is 1. The number of anilines is 1. The second-order valence-electron chi connectivity index (χ2n) is 8.69. The molecular formula is C23H25N6O5S2+. The molecule has 188 valence electrons. The maximum atomic E-state index is 13.2. The Labute approximate surface area is 215 Å². The Morgan fingerprint density at radius 1 is 1.28 bits per heavy atom. The summed E-state index contributed by atoms with van der Waals surface area (Å²) in [6.07, 6.45) is 7.42. The third-order valence-electron chi connectivity index (χ3n) is 6.26. The summed E-state index contributed by atoms with van der Waals surface area (Å²) in [5, 5.41) is 18.0. The molecule has 1 aliphatic carbocycles. The minimum absolute atomic E-state index is 0.0312. The van der Waals surface area contributed by atoms with E-state index in [-0.39, 0.29) is 28.3 Å². The molecule has 2 atom stereocenters. The van der Waals surface area contributed by atoms with Crippen LogP contribution in [-0.2, 0) is 25.8 Å². The lowest BCUT2D eigenvalue weighted by Crippen LogP contribution is -2.71. The third-order valence-corrected chi connectivity index (χ3v) is 8.28.